The second-order valence-electron chi connectivity index (χ2n) is 15.6. The van der Waals surface area contributed by atoms with Crippen LogP contribution in [0.2, 0.25) is 0 Å². The molecular formula is C55H44O10. The maximum absolute atomic E-state index is 13.1. The molecule has 0 atom stereocenters. The summed E-state index contributed by atoms with van der Waals surface area (Å²) in [4.78, 5) is 40.7. The number of carbonyl (C=O) groups excluding carboxylic acids is 1. The predicted molar refractivity (Wildman–Crippen MR) is 247 cm³/mol. The van der Waals surface area contributed by atoms with Crippen molar-refractivity contribution in [2.45, 2.75) is 32.5 Å². The molecule has 0 bridgehead atoms. The van der Waals surface area contributed by atoms with Crippen molar-refractivity contribution in [1.29, 1.82) is 0 Å². The summed E-state index contributed by atoms with van der Waals surface area (Å²) < 4.78 is 17.8. The lowest BCUT2D eigenvalue weighted by Crippen LogP contribution is -2.18. The Labute approximate surface area is 376 Å². The third-order valence-corrected chi connectivity index (χ3v) is 11.0. The normalized spacial score (nSPS) is 11.1. The number of hydrogen-bond acceptors (Lipinski definition) is 9. The number of aromatic carboxylic acids is 1. The largest absolute Gasteiger partial charge is 0.478 e. The van der Waals surface area contributed by atoms with E-state index in [-0.39, 0.29) is 35.5 Å². The van der Waals surface area contributed by atoms with Crippen molar-refractivity contribution < 1.29 is 48.8 Å². The van der Waals surface area contributed by atoms with Crippen LogP contribution in [0.5, 0.6) is 34.5 Å². The zero-order chi connectivity index (χ0) is 45.2. The highest BCUT2D eigenvalue weighted by Crippen LogP contribution is 2.35. The molecule has 0 saturated carbocycles. The fraction of sp³-hybridized carbons (Fsp3) is 0.0909. The molecular weight excluding hydrogens is 821 g/mol. The highest BCUT2D eigenvalue weighted by molar-refractivity contribution is 6.04. The molecule has 0 saturated heterocycles. The molecule has 8 aromatic carbocycles. The molecule has 65 heavy (non-hydrogen) atoms. The van der Waals surface area contributed by atoms with Crippen LogP contribution < -0.4 is 19.1 Å². The molecule has 0 radical (unpaired) electrons. The van der Waals surface area contributed by atoms with Crippen LogP contribution in [0.15, 0.2) is 194 Å². The first kappa shape index (κ1) is 43.6. The van der Waals surface area contributed by atoms with Gasteiger partial charge in [-0.2, -0.15) is 4.89 Å². The summed E-state index contributed by atoms with van der Waals surface area (Å²) in [7, 11) is 0. The molecule has 10 nitrogen and oxygen atoms in total. The molecule has 0 aliphatic rings. The third-order valence-electron chi connectivity index (χ3n) is 11.0. The SMILES string of the molecule is CC(C)(c1ccc(Oc2ccc(OOCc3ccc(-c4ccccc4)cc3COO)cc2)cc1)c1ccc(Oc2ccc(OC(=O)c3ccc(-c4ccccc4)cc3C(=O)O)cc2)cc1. The summed E-state index contributed by atoms with van der Waals surface area (Å²) in [6.45, 7) is 4.47. The zero-order valence-corrected chi connectivity index (χ0v) is 35.5. The molecule has 0 heterocycles. The molecule has 0 aromatic heterocycles. The molecule has 8 rings (SSSR count). The number of carboxylic acid groups (broad SMARTS) is 1. The highest BCUT2D eigenvalue weighted by atomic mass is 17.2. The third kappa shape index (κ3) is 10.8. The minimum absolute atomic E-state index is 0.0183. The molecule has 0 amide bonds. The summed E-state index contributed by atoms with van der Waals surface area (Å²) in [5.41, 5.74) is 6.84. The number of carbonyl (C=O) groups is 2. The fourth-order valence-corrected chi connectivity index (χ4v) is 7.27. The van der Waals surface area contributed by atoms with E-state index in [0.29, 0.717) is 34.3 Å². The van der Waals surface area contributed by atoms with Gasteiger partial charge in [-0.25, -0.2) is 14.5 Å². The Morgan fingerprint density at radius 1 is 0.462 bits per heavy atom. The first-order chi connectivity index (χ1) is 31.6. The average Bonchev–Trinajstić information content (AvgIpc) is 3.34. The molecule has 0 fully saturated rings. The molecule has 0 aliphatic heterocycles. The lowest BCUT2D eigenvalue weighted by atomic mass is 9.78. The van der Waals surface area contributed by atoms with Gasteiger partial charge in [0.15, 0.2) is 5.75 Å². The molecule has 0 unspecified atom stereocenters. The number of benzene rings is 8. The van der Waals surface area contributed by atoms with Crippen molar-refractivity contribution >= 4 is 11.9 Å². The predicted octanol–water partition coefficient (Wildman–Crippen LogP) is 13.3. The van der Waals surface area contributed by atoms with Gasteiger partial charge in [0, 0.05) is 5.41 Å². The van der Waals surface area contributed by atoms with E-state index in [2.05, 4.69) is 18.7 Å². The van der Waals surface area contributed by atoms with Crippen molar-refractivity contribution in [2.75, 3.05) is 0 Å². The highest BCUT2D eigenvalue weighted by Gasteiger charge is 2.24. The Hall–Kier alpha value is -8.02. The topological polar surface area (TPSA) is 130 Å². The first-order valence-corrected chi connectivity index (χ1v) is 20.8. The van der Waals surface area contributed by atoms with E-state index in [1.807, 2.05) is 127 Å². The minimum atomic E-state index is -1.22. The maximum Gasteiger partial charge on any atom is 0.344 e. The van der Waals surface area contributed by atoms with Crippen LogP contribution >= 0.6 is 0 Å². The van der Waals surface area contributed by atoms with E-state index in [0.717, 1.165) is 38.9 Å². The summed E-state index contributed by atoms with van der Waals surface area (Å²) in [5, 5.41) is 19.0. The van der Waals surface area contributed by atoms with Gasteiger partial charge in [-0.3, -0.25) is 5.26 Å². The van der Waals surface area contributed by atoms with Gasteiger partial charge in [0.1, 0.15) is 42.0 Å². The van der Waals surface area contributed by atoms with Gasteiger partial charge >= 0.3 is 11.9 Å². The molecule has 0 aliphatic carbocycles. The summed E-state index contributed by atoms with van der Waals surface area (Å²) in [6, 6.07) is 59.3. The van der Waals surface area contributed by atoms with Crippen LogP contribution in [0, 0.1) is 0 Å². The fourth-order valence-electron chi connectivity index (χ4n) is 7.27. The van der Waals surface area contributed by atoms with E-state index in [4.69, 9.17) is 29.2 Å². The second kappa shape index (κ2) is 20.0. The first-order valence-electron chi connectivity index (χ1n) is 20.8. The lowest BCUT2D eigenvalue weighted by Gasteiger charge is -2.26. The van der Waals surface area contributed by atoms with Gasteiger partial charge < -0.3 is 24.2 Å². The Bertz CT molecular complexity index is 2860. The Balaban J connectivity index is 0.821. The number of rotatable bonds is 17. The summed E-state index contributed by atoms with van der Waals surface area (Å²) in [6.07, 6.45) is 0. The smallest absolute Gasteiger partial charge is 0.344 e. The quantitative estimate of drug-likeness (QED) is 0.0395. The van der Waals surface area contributed by atoms with E-state index >= 15 is 0 Å². The van der Waals surface area contributed by atoms with Crippen LogP contribution in [0.3, 0.4) is 0 Å². The maximum atomic E-state index is 13.1. The van der Waals surface area contributed by atoms with Crippen molar-refractivity contribution in [2.24, 2.45) is 0 Å². The Kier molecular flexibility index (Phi) is 13.4. The van der Waals surface area contributed by atoms with Gasteiger partial charge in [0.25, 0.3) is 0 Å². The number of esters is 1. The number of ether oxygens (including phenoxy) is 3. The molecule has 8 aromatic rings. The second-order valence-corrected chi connectivity index (χ2v) is 15.6. The standard InChI is InChI=1S/C55H44O10/c1-55(2,43-16-20-45(21-17-43)62-47-24-26-49(27-25-47)64-54(58)51-32-15-40(34-52(51)53(56)57)38-11-7-4-8-12-38)44-18-22-46(23-19-44)63-48-28-30-50(31-29-48)65-61-36-41-14-13-39(33-42(41)35-60-59)37-9-5-3-6-10-37/h3-34,59H,35-36H2,1-2H3,(H,56,57). The monoisotopic (exact) mass is 864 g/mol. The molecule has 10 heteroatoms. The van der Waals surface area contributed by atoms with Crippen LogP contribution in [0.25, 0.3) is 22.3 Å². The van der Waals surface area contributed by atoms with Gasteiger partial charge in [0.2, 0.25) is 0 Å². The Morgan fingerprint density at radius 2 is 0.923 bits per heavy atom. The van der Waals surface area contributed by atoms with Crippen molar-refractivity contribution in [3.8, 4) is 56.8 Å². The van der Waals surface area contributed by atoms with E-state index in [9.17, 15) is 14.7 Å². The zero-order valence-electron chi connectivity index (χ0n) is 35.5. The van der Waals surface area contributed by atoms with Crippen LogP contribution in [0.1, 0.15) is 56.8 Å². The number of carboxylic acids is 1. The van der Waals surface area contributed by atoms with Gasteiger partial charge in [-0.05, 0) is 136 Å². The molecule has 324 valence electrons. The van der Waals surface area contributed by atoms with E-state index < -0.39 is 11.9 Å². The van der Waals surface area contributed by atoms with Crippen molar-refractivity contribution in [1.82, 2.24) is 0 Å². The van der Waals surface area contributed by atoms with Crippen molar-refractivity contribution in [3.05, 3.63) is 228 Å². The lowest BCUT2D eigenvalue weighted by molar-refractivity contribution is -0.253. The molecule has 0 spiro atoms. The Morgan fingerprint density at radius 3 is 1.43 bits per heavy atom. The van der Waals surface area contributed by atoms with Gasteiger partial charge in [-0.15, -0.1) is 0 Å². The van der Waals surface area contributed by atoms with E-state index in [1.165, 1.54) is 12.1 Å². The molecule has 2 N–H and O–H groups in total. The van der Waals surface area contributed by atoms with Crippen LogP contribution in [0.4, 0.5) is 0 Å². The van der Waals surface area contributed by atoms with Crippen LogP contribution in [-0.2, 0) is 28.4 Å². The van der Waals surface area contributed by atoms with Gasteiger partial charge in [0.05, 0.1) is 11.1 Å². The van der Waals surface area contributed by atoms with Crippen LogP contribution in [-0.4, -0.2) is 22.3 Å². The van der Waals surface area contributed by atoms with E-state index in [1.54, 1.807) is 54.6 Å². The summed E-state index contributed by atoms with van der Waals surface area (Å²) in [5.74, 6) is 1.23. The summed E-state index contributed by atoms with van der Waals surface area (Å²) >= 11 is 0. The van der Waals surface area contributed by atoms with Gasteiger partial charge in [-0.1, -0.05) is 117 Å². The number of hydrogen-bond donors (Lipinski definition) is 2. The van der Waals surface area contributed by atoms with Crippen molar-refractivity contribution in [3.63, 3.8) is 0 Å². The minimum Gasteiger partial charge on any atom is -0.478 e. The average molecular weight is 865 g/mol.